The lowest BCUT2D eigenvalue weighted by Gasteiger charge is -2.24. The zero-order valence-electron chi connectivity index (χ0n) is 12.4. The third-order valence-corrected chi connectivity index (χ3v) is 3.63. The van der Waals surface area contributed by atoms with Crippen LogP contribution in [0.1, 0.15) is 12.8 Å². The zero-order chi connectivity index (χ0) is 16.3. The second-order valence-electron chi connectivity index (χ2n) is 5.57. The first kappa shape index (κ1) is 15.8. The molecule has 0 bridgehead atoms. The Morgan fingerprint density at radius 1 is 1.17 bits per heavy atom. The summed E-state index contributed by atoms with van der Waals surface area (Å²) in [5.41, 5.74) is 0.569. The van der Waals surface area contributed by atoms with Gasteiger partial charge >= 0.3 is 6.01 Å². The fourth-order valence-electron chi connectivity index (χ4n) is 2.46. The molecule has 8 heteroatoms. The molecule has 0 aliphatic carbocycles. The molecular formula is C15H17F3N4O. The molecule has 1 aromatic carbocycles. The van der Waals surface area contributed by atoms with Crippen LogP contribution >= 0.6 is 0 Å². The Labute approximate surface area is 131 Å². The number of halogens is 3. The van der Waals surface area contributed by atoms with Crippen molar-refractivity contribution in [2.24, 2.45) is 0 Å². The minimum Gasteiger partial charge on any atom is -0.318 e. The van der Waals surface area contributed by atoms with Crippen molar-refractivity contribution < 1.29 is 17.7 Å². The summed E-state index contributed by atoms with van der Waals surface area (Å²) in [5, 5.41) is 6.55. The molecule has 5 nitrogen and oxygen atoms in total. The van der Waals surface area contributed by atoms with Crippen LogP contribution in [0.5, 0.6) is 0 Å². The van der Waals surface area contributed by atoms with Crippen LogP contribution < -0.4 is 10.2 Å². The number of alkyl halides is 2. The quantitative estimate of drug-likeness (QED) is 0.920. The topological polar surface area (TPSA) is 54.2 Å². The van der Waals surface area contributed by atoms with E-state index < -0.39 is 12.5 Å². The first-order valence-corrected chi connectivity index (χ1v) is 7.47. The van der Waals surface area contributed by atoms with Crippen LogP contribution in [0.4, 0.5) is 19.2 Å². The van der Waals surface area contributed by atoms with Crippen molar-refractivity contribution in [2.75, 3.05) is 31.1 Å². The van der Waals surface area contributed by atoms with Crippen molar-refractivity contribution in [3.05, 3.63) is 30.1 Å². The first-order chi connectivity index (χ1) is 11.0. The largest absolute Gasteiger partial charge is 0.324 e. The van der Waals surface area contributed by atoms with E-state index in [1.54, 1.807) is 0 Å². The van der Waals surface area contributed by atoms with Gasteiger partial charge in [0.15, 0.2) is 0 Å². The predicted octanol–water partition coefficient (Wildman–Crippen LogP) is 2.70. The molecule has 1 N–H and O–H groups in total. The molecular weight excluding hydrogens is 309 g/mol. The van der Waals surface area contributed by atoms with Crippen molar-refractivity contribution in [3.63, 3.8) is 0 Å². The van der Waals surface area contributed by atoms with Gasteiger partial charge in [-0.15, -0.1) is 0 Å². The smallest absolute Gasteiger partial charge is 0.318 e. The lowest BCUT2D eigenvalue weighted by Crippen LogP contribution is -2.43. The zero-order valence-corrected chi connectivity index (χ0v) is 12.4. The summed E-state index contributed by atoms with van der Waals surface area (Å²) in [7, 11) is 0. The number of anilines is 1. The molecule has 0 unspecified atom stereocenters. The Morgan fingerprint density at radius 3 is 2.74 bits per heavy atom. The average molecular weight is 326 g/mol. The van der Waals surface area contributed by atoms with Gasteiger partial charge in [-0.05, 0) is 43.7 Å². The number of benzene rings is 1. The number of hydrogen-bond donors (Lipinski definition) is 1. The molecule has 0 amide bonds. The summed E-state index contributed by atoms with van der Waals surface area (Å²) < 4.78 is 45.9. The van der Waals surface area contributed by atoms with E-state index in [0.29, 0.717) is 18.7 Å². The molecule has 1 fully saturated rings. The fraction of sp³-hybridized carbons (Fsp3) is 0.467. The molecule has 3 rings (SSSR count). The molecule has 124 valence electrons. The van der Waals surface area contributed by atoms with Gasteiger partial charge in [-0.2, -0.15) is 4.98 Å². The van der Waals surface area contributed by atoms with Crippen LogP contribution in [0, 0.1) is 5.82 Å². The second-order valence-corrected chi connectivity index (χ2v) is 5.57. The summed E-state index contributed by atoms with van der Waals surface area (Å²) in [5.74, 6) is -3.00. The van der Waals surface area contributed by atoms with Gasteiger partial charge in [0.1, 0.15) is 5.82 Å². The van der Waals surface area contributed by atoms with Gasteiger partial charge in [-0.25, -0.2) is 13.2 Å². The van der Waals surface area contributed by atoms with Crippen LogP contribution in [-0.4, -0.2) is 42.2 Å². The maximum absolute atomic E-state index is 13.9. The third-order valence-electron chi connectivity index (χ3n) is 3.63. The highest BCUT2D eigenvalue weighted by Gasteiger charge is 2.34. The molecule has 23 heavy (non-hydrogen) atoms. The van der Waals surface area contributed by atoms with E-state index in [1.165, 1.54) is 29.2 Å². The first-order valence-electron chi connectivity index (χ1n) is 7.47. The molecule has 2 heterocycles. The summed E-state index contributed by atoms with van der Waals surface area (Å²) in [6.07, 6.45) is 1.54. The van der Waals surface area contributed by atoms with E-state index in [-0.39, 0.29) is 24.2 Å². The van der Waals surface area contributed by atoms with Gasteiger partial charge in [0, 0.05) is 12.1 Å². The molecule has 1 aliphatic heterocycles. The molecule has 0 radical (unpaired) electrons. The Kier molecular flexibility index (Phi) is 4.51. The number of aromatic nitrogens is 2. The number of nitrogens with zero attached hydrogens (tertiary/aromatic N) is 3. The highest BCUT2D eigenvalue weighted by Crippen LogP contribution is 2.24. The molecule has 1 aromatic heterocycles. The SMILES string of the molecule is Fc1ccc(-c2noc(N3CCCCNCC(F)(F)C3)n2)cc1. The maximum Gasteiger partial charge on any atom is 0.324 e. The van der Waals surface area contributed by atoms with Crippen LogP contribution in [0.15, 0.2) is 28.8 Å². The number of nitrogens with one attached hydrogen (secondary N) is 1. The van der Waals surface area contributed by atoms with E-state index >= 15 is 0 Å². The van der Waals surface area contributed by atoms with Gasteiger partial charge in [-0.3, -0.25) is 0 Å². The van der Waals surface area contributed by atoms with Crippen molar-refractivity contribution in [3.8, 4) is 11.4 Å². The Bertz CT molecular complexity index is 644. The lowest BCUT2D eigenvalue weighted by molar-refractivity contribution is 0.0103. The summed E-state index contributed by atoms with van der Waals surface area (Å²) in [6, 6.07) is 5.66. The molecule has 0 saturated carbocycles. The van der Waals surface area contributed by atoms with Gasteiger partial charge in [0.05, 0.1) is 13.1 Å². The number of rotatable bonds is 2. The van der Waals surface area contributed by atoms with Crippen LogP contribution in [0.3, 0.4) is 0 Å². The van der Waals surface area contributed by atoms with Crippen molar-refractivity contribution in [1.29, 1.82) is 0 Å². The van der Waals surface area contributed by atoms with E-state index in [1.807, 2.05) is 0 Å². The maximum atomic E-state index is 13.9. The van der Waals surface area contributed by atoms with Gasteiger partial charge in [0.2, 0.25) is 5.82 Å². The predicted molar refractivity (Wildman–Crippen MR) is 79.0 cm³/mol. The Morgan fingerprint density at radius 2 is 1.96 bits per heavy atom. The summed E-state index contributed by atoms with van der Waals surface area (Å²) >= 11 is 0. The van der Waals surface area contributed by atoms with Crippen molar-refractivity contribution >= 4 is 6.01 Å². The van der Waals surface area contributed by atoms with E-state index in [0.717, 1.165) is 12.8 Å². The average Bonchev–Trinajstić information content (AvgIpc) is 3.01. The minimum absolute atomic E-state index is 0.0610. The summed E-state index contributed by atoms with van der Waals surface area (Å²) in [4.78, 5) is 5.58. The highest BCUT2D eigenvalue weighted by atomic mass is 19.3. The van der Waals surface area contributed by atoms with Gasteiger partial charge in [-0.1, -0.05) is 5.16 Å². The molecule has 0 spiro atoms. The molecule has 2 aromatic rings. The molecule has 1 aliphatic rings. The van der Waals surface area contributed by atoms with Crippen LogP contribution in [0.25, 0.3) is 11.4 Å². The monoisotopic (exact) mass is 326 g/mol. The minimum atomic E-state index is -2.88. The highest BCUT2D eigenvalue weighted by molar-refractivity contribution is 5.55. The van der Waals surface area contributed by atoms with Crippen LogP contribution in [0.2, 0.25) is 0 Å². The van der Waals surface area contributed by atoms with Crippen molar-refractivity contribution in [2.45, 2.75) is 18.8 Å². The Hall–Kier alpha value is -2.09. The van der Waals surface area contributed by atoms with Crippen molar-refractivity contribution in [1.82, 2.24) is 15.5 Å². The van der Waals surface area contributed by atoms with Crippen LogP contribution in [-0.2, 0) is 0 Å². The lowest BCUT2D eigenvalue weighted by atomic mass is 10.2. The second kappa shape index (κ2) is 6.57. The standard InChI is InChI=1S/C15H17F3N4O/c16-12-5-3-11(4-6-12)13-20-14(23-21-13)22-8-2-1-7-19-9-15(17,18)10-22/h3-6,19H,1-2,7-10H2. The normalized spacial score (nSPS) is 19.0. The van der Waals surface area contributed by atoms with Gasteiger partial charge in [0.25, 0.3) is 5.92 Å². The molecule has 1 saturated heterocycles. The van der Waals surface area contributed by atoms with E-state index in [4.69, 9.17) is 4.52 Å². The third kappa shape index (κ3) is 4.01. The fourth-order valence-corrected chi connectivity index (χ4v) is 2.46. The Balaban J connectivity index is 1.80. The number of hydrogen-bond acceptors (Lipinski definition) is 5. The summed E-state index contributed by atoms with van der Waals surface area (Å²) in [6.45, 7) is 0.129. The van der Waals surface area contributed by atoms with E-state index in [9.17, 15) is 13.2 Å². The van der Waals surface area contributed by atoms with E-state index in [2.05, 4.69) is 15.5 Å². The molecule has 0 atom stereocenters. The van der Waals surface area contributed by atoms with Gasteiger partial charge < -0.3 is 14.7 Å².